The van der Waals surface area contributed by atoms with E-state index in [2.05, 4.69) is 20.3 Å². The van der Waals surface area contributed by atoms with E-state index in [1.165, 1.54) is 11.3 Å². The molecule has 0 aliphatic rings. The first-order chi connectivity index (χ1) is 8.61. The molecule has 0 aliphatic carbocycles. The highest BCUT2D eigenvalue weighted by Gasteiger charge is 2.17. The number of nitrogens with one attached hydrogen (secondary N) is 1. The number of aryl methyl sites for hydroxylation is 1. The summed E-state index contributed by atoms with van der Waals surface area (Å²) in [4.78, 5) is 24.8. The van der Waals surface area contributed by atoms with E-state index in [9.17, 15) is 4.79 Å². The van der Waals surface area contributed by atoms with Crippen LogP contribution < -0.4 is 11.1 Å². The first kappa shape index (κ1) is 10.9. The van der Waals surface area contributed by atoms with E-state index in [4.69, 9.17) is 5.73 Å². The molecule has 0 bridgehead atoms. The van der Waals surface area contributed by atoms with Crippen LogP contribution in [0.15, 0.2) is 6.33 Å². The molecule has 3 heterocycles. The van der Waals surface area contributed by atoms with Gasteiger partial charge in [0.25, 0.3) is 5.91 Å². The van der Waals surface area contributed by atoms with Crippen LogP contribution in [-0.4, -0.2) is 32.5 Å². The summed E-state index contributed by atoms with van der Waals surface area (Å²) in [5.74, 6) is 0.122. The molecule has 3 aromatic heterocycles. The summed E-state index contributed by atoms with van der Waals surface area (Å²) in [7, 11) is 3.65. The molecule has 0 radical (unpaired) electrons. The van der Waals surface area contributed by atoms with Gasteiger partial charge < -0.3 is 15.6 Å². The molecule has 7 nitrogen and oxygen atoms in total. The van der Waals surface area contributed by atoms with Gasteiger partial charge in [-0.25, -0.2) is 15.0 Å². The van der Waals surface area contributed by atoms with Gasteiger partial charge in [0.05, 0.1) is 6.33 Å². The number of fused-ring (bicyclic) bond motifs is 3. The molecule has 0 atom stereocenters. The molecule has 3 N–H and O–H groups in total. The number of anilines is 1. The summed E-state index contributed by atoms with van der Waals surface area (Å²) in [5, 5.41) is 3.25. The Labute approximate surface area is 106 Å². The van der Waals surface area contributed by atoms with E-state index in [0.29, 0.717) is 16.2 Å². The quantitative estimate of drug-likeness (QED) is 0.709. The first-order valence-corrected chi connectivity index (χ1v) is 6.02. The molecule has 0 aromatic carbocycles. The summed E-state index contributed by atoms with van der Waals surface area (Å²) in [6, 6.07) is 0. The maximum Gasteiger partial charge on any atom is 0.277 e. The highest BCUT2D eigenvalue weighted by atomic mass is 32.1. The predicted molar refractivity (Wildman–Crippen MR) is 69.8 cm³/mol. The van der Waals surface area contributed by atoms with Crippen molar-refractivity contribution in [3.8, 4) is 0 Å². The third kappa shape index (κ3) is 1.35. The van der Waals surface area contributed by atoms with Crippen molar-refractivity contribution in [3.63, 3.8) is 0 Å². The van der Waals surface area contributed by atoms with E-state index in [1.807, 2.05) is 11.6 Å². The van der Waals surface area contributed by atoms with E-state index in [1.54, 1.807) is 13.4 Å². The topological polar surface area (TPSA) is 98.7 Å². The Morgan fingerprint density at radius 1 is 1.44 bits per heavy atom. The average molecular weight is 262 g/mol. The smallest absolute Gasteiger partial charge is 0.277 e. The number of primary amides is 1. The van der Waals surface area contributed by atoms with Crippen molar-refractivity contribution in [2.45, 2.75) is 0 Å². The van der Waals surface area contributed by atoms with Crippen LogP contribution in [0.5, 0.6) is 0 Å². The highest BCUT2D eigenvalue weighted by molar-refractivity contribution is 7.20. The molecule has 3 rings (SSSR count). The molecule has 0 saturated carbocycles. The molecule has 18 heavy (non-hydrogen) atoms. The molecule has 0 aliphatic heterocycles. The summed E-state index contributed by atoms with van der Waals surface area (Å²) >= 11 is 1.18. The third-order valence-electron chi connectivity index (χ3n) is 2.66. The molecular formula is C10H10N6OS. The zero-order chi connectivity index (χ0) is 12.9. The van der Waals surface area contributed by atoms with Gasteiger partial charge in [-0.05, 0) is 0 Å². The number of aromatic nitrogens is 4. The second-order valence-corrected chi connectivity index (χ2v) is 4.78. The minimum Gasteiger partial charge on any atom is -0.371 e. The van der Waals surface area contributed by atoms with Crippen LogP contribution in [-0.2, 0) is 7.05 Å². The summed E-state index contributed by atoms with van der Waals surface area (Å²) in [5.41, 5.74) is 7.48. The van der Waals surface area contributed by atoms with Crippen LogP contribution >= 0.6 is 11.3 Å². The molecular weight excluding hydrogens is 252 g/mol. The maximum absolute atomic E-state index is 11.2. The van der Waals surface area contributed by atoms with Crippen LogP contribution in [0, 0.1) is 0 Å². The fourth-order valence-electron chi connectivity index (χ4n) is 1.86. The van der Waals surface area contributed by atoms with Crippen molar-refractivity contribution in [1.29, 1.82) is 0 Å². The van der Waals surface area contributed by atoms with Crippen molar-refractivity contribution in [2.75, 3.05) is 12.4 Å². The van der Waals surface area contributed by atoms with Gasteiger partial charge in [-0.1, -0.05) is 11.3 Å². The van der Waals surface area contributed by atoms with Crippen LogP contribution in [0.3, 0.4) is 0 Å². The zero-order valence-electron chi connectivity index (χ0n) is 9.76. The number of pyridine rings is 1. The lowest BCUT2D eigenvalue weighted by atomic mass is 10.3. The van der Waals surface area contributed by atoms with Crippen molar-refractivity contribution >= 4 is 44.4 Å². The number of amides is 1. The molecule has 0 spiro atoms. The van der Waals surface area contributed by atoms with Gasteiger partial charge in [0.15, 0.2) is 10.8 Å². The number of thiazole rings is 1. The van der Waals surface area contributed by atoms with Gasteiger partial charge >= 0.3 is 0 Å². The summed E-state index contributed by atoms with van der Waals surface area (Å²) in [6.45, 7) is 0. The number of hydrogen-bond donors (Lipinski definition) is 2. The van der Waals surface area contributed by atoms with Gasteiger partial charge in [-0.2, -0.15) is 0 Å². The Morgan fingerprint density at radius 3 is 2.89 bits per heavy atom. The lowest BCUT2D eigenvalue weighted by Crippen LogP contribution is -2.09. The minimum absolute atomic E-state index is 0.258. The van der Waals surface area contributed by atoms with E-state index < -0.39 is 5.91 Å². The van der Waals surface area contributed by atoms with Crippen LogP contribution in [0.2, 0.25) is 0 Å². The normalized spacial score (nSPS) is 11.2. The number of nitrogens with zero attached hydrogens (tertiary/aromatic N) is 4. The first-order valence-electron chi connectivity index (χ1n) is 5.21. The van der Waals surface area contributed by atoms with Gasteiger partial charge in [-0.15, -0.1) is 0 Å². The van der Waals surface area contributed by atoms with E-state index in [-0.39, 0.29) is 5.01 Å². The average Bonchev–Trinajstić information content (AvgIpc) is 2.91. The highest BCUT2D eigenvalue weighted by Crippen LogP contribution is 2.30. The fourth-order valence-corrected chi connectivity index (χ4v) is 2.66. The maximum atomic E-state index is 11.2. The summed E-state index contributed by atoms with van der Waals surface area (Å²) in [6.07, 6.45) is 1.69. The van der Waals surface area contributed by atoms with Crippen molar-refractivity contribution in [1.82, 2.24) is 19.5 Å². The van der Waals surface area contributed by atoms with Crippen LogP contribution in [0.1, 0.15) is 9.80 Å². The van der Waals surface area contributed by atoms with Gasteiger partial charge in [0, 0.05) is 14.1 Å². The largest absolute Gasteiger partial charge is 0.371 e. The van der Waals surface area contributed by atoms with Gasteiger partial charge in [0.2, 0.25) is 0 Å². The standard InChI is InChI=1S/C10H10N6OS/c1-12-8-4-6(16(2)3-13-4)5-9(15-8)18-10(14-5)7(11)17/h3H,1-2H3,(H2,11,17)(H,12,15). The van der Waals surface area contributed by atoms with E-state index in [0.717, 1.165) is 11.0 Å². The molecule has 3 aromatic rings. The van der Waals surface area contributed by atoms with Crippen molar-refractivity contribution < 1.29 is 4.79 Å². The Balaban J connectivity index is 2.49. The van der Waals surface area contributed by atoms with Crippen LogP contribution in [0.25, 0.3) is 21.4 Å². The number of nitrogens with two attached hydrogens (primary N) is 1. The lowest BCUT2D eigenvalue weighted by Gasteiger charge is -2.01. The van der Waals surface area contributed by atoms with E-state index >= 15 is 0 Å². The molecule has 0 unspecified atom stereocenters. The number of imidazole rings is 1. The second kappa shape index (κ2) is 3.64. The zero-order valence-corrected chi connectivity index (χ0v) is 10.6. The Bertz CT molecular complexity index is 773. The minimum atomic E-state index is -0.542. The fraction of sp³-hybridized carbons (Fsp3) is 0.200. The molecule has 92 valence electrons. The monoisotopic (exact) mass is 262 g/mol. The summed E-state index contributed by atoms with van der Waals surface area (Å²) < 4.78 is 1.85. The van der Waals surface area contributed by atoms with Crippen molar-refractivity contribution in [3.05, 3.63) is 11.3 Å². The molecule has 0 fully saturated rings. The molecule has 1 amide bonds. The lowest BCUT2D eigenvalue weighted by molar-refractivity contribution is 0.1000. The SMILES string of the molecule is CNc1nc2sc(C(N)=O)nc2c2c1ncn2C. The van der Waals surface area contributed by atoms with Crippen LogP contribution in [0.4, 0.5) is 5.82 Å². The second-order valence-electron chi connectivity index (χ2n) is 3.80. The predicted octanol–water partition coefficient (Wildman–Crippen LogP) is 0.719. The molecule has 0 saturated heterocycles. The van der Waals surface area contributed by atoms with Gasteiger partial charge in [0.1, 0.15) is 21.4 Å². The number of hydrogen-bond acceptors (Lipinski definition) is 6. The number of carbonyl (C=O) groups is 1. The van der Waals surface area contributed by atoms with Crippen molar-refractivity contribution in [2.24, 2.45) is 12.8 Å². The number of rotatable bonds is 2. The molecule has 8 heteroatoms. The Kier molecular flexibility index (Phi) is 2.20. The van der Waals surface area contributed by atoms with Gasteiger partial charge in [-0.3, -0.25) is 4.79 Å². The third-order valence-corrected chi connectivity index (χ3v) is 3.62. The number of carbonyl (C=O) groups excluding carboxylic acids is 1. The Morgan fingerprint density at radius 2 is 2.22 bits per heavy atom. The Hall–Kier alpha value is -2.22.